The molecule has 1 atom stereocenters. The number of aromatic nitrogens is 2. The van der Waals surface area contributed by atoms with E-state index >= 15 is 0 Å². The highest BCUT2D eigenvalue weighted by atomic mass is 16.3. The maximum Gasteiger partial charge on any atom is 0.250 e. The Morgan fingerprint density at radius 1 is 1.35 bits per heavy atom. The highest BCUT2D eigenvalue weighted by Crippen LogP contribution is 2.30. The van der Waals surface area contributed by atoms with Gasteiger partial charge in [0.05, 0.1) is 12.6 Å². The van der Waals surface area contributed by atoms with Crippen LogP contribution in [0.1, 0.15) is 37.0 Å². The van der Waals surface area contributed by atoms with Crippen LogP contribution in [-0.2, 0) is 10.3 Å². The van der Waals surface area contributed by atoms with E-state index in [-0.39, 0.29) is 12.5 Å². The minimum Gasteiger partial charge on any atom is -0.387 e. The van der Waals surface area contributed by atoms with Crippen LogP contribution in [0.15, 0.2) is 42.7 Å². The van der Waals surface area contributed by atoms with E-state index in [0.29, 0.717) is 19.4 Å². The SMILES string of the molecule is CCN(CC(O)c1ccc(C)cc1)C(=O)C1(n2cccn2)CCNCC1. The fraction of sp³-hybridized carbons (Fsp3) is 0.500. The molecule has 2 aromatic rings. The molecule has 6 heteroatoms. The molecule has 0 saturated carbocycles. The lowest BCUT2D eigenvalue weighted by molar-refractivity contribution is -0.144. The Balaban J connectivity index is 1.81. The zero-order valence-corrected chi connectivity index (χ0v) is 15.6. The summed E-state index contributed by atoms with van der Waals surface area (Å²) in [6.07, 6.45) is 4.29. The van der Waals surface area contributed by atoms with E-state index in [2.05, 4.69) is 10.4 Å². The van der Waals surface area contributed by atoms with E-state index in [4.69, 9.17) is 0 Å². The second kappa shape index (κ2) is 8.01. The highest BCUT2D eigenvalue weighted by Gasteiger charge is 2.44. The summed E-state index contributed by atoms with van der Waals surface area (Å²) in [6, 6.07) is 9.66. The lowest BCUT2D eigenvalue weighted by Crippen LogP contribution is -2.56. The minimum atomic E-state index is -0.698. The van der Waals surface area contributed by atoms with Crippen LogP contribution in [0.25, 0.3) is 0 Å². The molecule has 1 saturated heterocycles. The van der Waals surface area contributed by atoms with Crippen LogP contribution in [-0.4, -0.2) is 51.9 Å². The summed E-state index contributed by atoms with van der Waals surface area (Å²) < 4.78 is 1.80. The largest absolute Gasteiger partial charge is 0.387 e. The Hall–Kier alpha value is -2.18. The van der Waals surface area contributed by atoms with Crippen molar-refractivity contribution in [3.8, 4) is 0 Å². The maximum absolute atomic E-state index is 13.5. The van der Waals surface area contributed by atoms with Crippen LogP contribution in [0, 0.1) is 6.92 Å². The molecule has 1 fully saturated rings. The van der Waals surface area contributed by atoms with Crippen LogP contribution in [0.4, 0.5) is 0 Å². The van der Waals surface area contributed by atoms with Crippen molar-refractivity contribution in [3.63, 3.8) is 0 Å². The van der Waals surface area contributed by atoms with Gasteiger partial charge in [0.1, 0.15) is 5.54 Å². The van der Waals surface area contributed by atoms with Gasteiger partial charge in [-0.05, 0) is 51.4 Å². The van der Waals surface area contributed by atoms with Gasteiger partial charge in [-0.1, -0.05) is 29.8 Å². The van der Waals surface area contributed by atoms with Crippen molar-refractivity contribution in [2.75, 3.05) is 26.2 Å². The van der Waals surface area contributed by atoms with Gasteiger partial charge in [-0.3, -0.25) is 9.48 Å². The Morgan fingerprint density at radius 3 is 2.62 bits per heavy atom. The van der Waals surface area contributed by atoms with Crippen molar-refractivity contribution in [3.05, 3.63) is 53.9 Å². The number of amides is 1. The lowest BCUT2D eigenvalue weighted by Gasteiger charge is -2.40. The first-order valence-corrected chi connectivity index (χ1v) is 9.31. The van der Waals surface area contributed by atoms with Crippen LogP contribution >= 0.6 is 0 Å². The minimum absolute atomic E-state index is 0.0383. The molecule has 3 rings (SSSR count). The fourth-order valence-electron chi connectivity index (χ4n) is 3.66. The first-order chi connectivity index (χ1) is 12.6. The first-order valence-electron chi connectivity index (χ1n) is 9.31. The highest BCUT2D eigenvalue weighted by molar-refractivity contribution is 5.84. The topological polar surface area (TPSA) is 70.4 Å². The molecular weight excluding hydrogens is 328 g/mol. The van der Waals surface area contributed by atoms with Crippen molar-refractivity contribution in [2.45, 2.75) is 38.3 Å². The van der Waals surface area contributed by atoms with Gasteiger partial charge in [0.25, 0.3) is 5.91 Å². The van der Waals surface area contributed by atoms with Crippen LogP contribution < -0.4 is 5.32 Å². The van der Waals surface area contributed by atoms with Crippen molar-refractivity contribution < 1.29 is 9.90 Å². The molecule has 2 heterocycles. The van der Waals surface area contributed by atoms with Gasteiger partial charge in [-0.15, -0.1) is 0 Å². The zero-order chi connectivity index (χ0) is 18.6. The number of aliphatic hydroxyl groups is 1. The van der Waals surface area contributed by atoms with E-state index < -0.39 is 11.6 Å². The Morgan fingerprint density at radius 2 is 2.04 bits per heavy atom. The van der Waals surface area contributed by atoms with Gasteiger partial charge < -0.3 is 15.3 Å². The number of piperidine rings is 1. The molecule has 1 aromatic carbocycles. The van der Waals surface area contributed by atoms with E-state index in [1.165, 1.54) is 0 Å². The van der Waals surface area contributed by atoms with Crippen LogP contribution in [0.3, 0.4) is 0 Å². The Labute approximate surface area is 154 Å². The summed E-state index contributed by atoms with van der Waals surface area (Å²) in [6.45, 7) is 6.38. The number of hydrogen-bond donors (Lipinski definition) is 2. The van der Waals surface area contributed by atoms with Gasteiger partial charge >= 0.3 is 0 Å². The number of nitrogens with zero attached hydrogens (tertiary/aromatic N) is 3. The number of benzene rings is 1. The van der Waals surface area contributed by atoms with Crippen molar-refractivity contribution in [1.29, 1.82) is 0 Å². The molecule has 0 radical (unpaired) electrons. The number of nitrogens with one attached hydrogen (secondary N) is 1. The van der Waals surface area contributed by atoms with Crippen molar-refractivity contribution in [1.82, 2.24) is 20.0 Å². The normalized spacial score (nSPS) is 17.7. The third-order valence-electron chi connectivity index (χ3n) is 5.30. The molecule has 0 bridgehead atoms. The summed E-state index contributed by atoms with van der Waals surface area (Å²) in [4.78, 5) is 15.3. The smallest absolute Gasteiger partial charge is 0.250 e. The van der Waals surface area contributed by atoms with Gasteiger partial charge in [-0.2, -0.15) is 5.10 Å². The third kappa shape index (κ3) is 3.66. The average Bonchev–Trinajstić information content (AvgIpc) is 3.22. The van der Waals surface area contributed by atoms with Gasteiger partial charge in [0, 0.05) is 18.9 Å². The average molecular weight is 356 g/mol. The number of aryl methyl sites for hydroxylation is 1. The van der Waals surface area contributed by atoms with Crippen LogP contribution in [0.2, 0.25) is 0 Å². The van der Waals surface area contributed by atoms with E-state index in [0.717, 1.165) is 24.2 Å². The number of rotatable bonds is 6. The second-order valence-electron chi connectivity index (χ2n) is 7.00. The number of carbonyl (C=O) groups is 1. The summed E-state index contributed by atoms with van der Waals surface area (Å²) in [5.74, 6) is 0.0383. The predicted molar refractivity (Wildman–Crippen MR) is 101 cm³/mol. The van der Waals surface area contributed by atoms with Crippen LogP contribution in [0.5, 0.6) is 0 Å². The van der Waals surface area contributed by atoms with E-state index in [1.54, 1.807) is 15.8 Å². The molecule has 1 aromatic heterocycles. The first kappa shape index (κ1) is 18.6. The molecule has 1 unspecified atom stereocenters. The summed E-state index contributed by atoms with van der Waals surface area (Å²) >= 11 is 0. The zero-order valence-electron chi connectivity index (χ0n) is 15.6. The summed E-state index contributed by atoms with van der Waals surface area (Å²) in [5, 5.41) is 18.3. The molecule has 140 valence electrons. The number of carbonyl (C=O) groups excluding carboxylic acids is 1. The maximum atomic E-state index is 13.5. The number of likely N-dealkylation sites (N-methyl/N-ethyl adjacent to an activating group) is 1. The van der Waals surface area contributed by atoms with Gasteiger partial charge in [0.2, 0.25) is 0 Å². The number of hydrogen-bond acceptors (Lipinski definition) is 4. The molecule has 1 amide bonds. The quantitative estimate of drug-likeness (QED) is 0.829. The molecule has 6 nitrogen and oxygen atoms in total. The standard InChI is InChI=1S/C20H28N4O2/c1-3-23(15-18(25)17-7-5-16(2)6-8-17)19(26)20(9-12-21-13-10-20)24-14-4-11-22-24/h4-8,11,14,18,21,25H,3,9-10,12-13,15H2,1-2H3. The van der Waals surface area contributed by atoms with E-state index in [1.807, 2.05) is 50.4 Å². The fourth-order valence-corrected chi connectivity index (χ4v) is 3.66. The molecule has 26 heavy (non-hydrogen) atoms. The summed E-state index contributed by atoms with van der Waals surface area (Å²) in [5.41, 5.74) is 1.31. The summed E-state index contributed by atoms with van der Waals surface area (Å²) in [7, 11) is 0. The second-order valence-corrected chi connectivity index (χ2v) is 7.00. The predicted octanol–water partition coefficient (Wildman–Crippen LogP) is 1.85. The lowest BCUT2D eigenvalue weighted by atomic mass is 9.86. The molecule has 1 aliphatic rings. The monoisotopic (exact) mass is 356 g/mol. The van der Waals surface area contributed by atoms with E-state index in [9.17, 15) is 9.90 Å². The van der Waals surface area contributed by atoms with Crippen molar-refractivity contribution >= 4 is 5.91 Å². The van der Waals surface area contributed by atoms with Crippen molar-refractivity contribution in [2.24, 2.45) is 0 Å². The molecule has 0 aliphatic carbocycles. The van der Waals surface area contributed by atoms with Gasteiger partial charge in [0.15, 0.2) is 0 Å². The Kier molecular flexibility index (Phi) is 5.74. The third-order valence-corrected chi connectivity index (χ3v) is 5.30. The molecule has 1 aliphatic heterocycles. The Bertz CT molecular complexity index is 706. The number of aliphatic hydroxyl groups excluding tert-OH is 1. The molecule has 2 N–H and O–H groups in total. The van der Waals surface area contributed by atoms with Gasteiger partial charge in [-0.25, -0.2) is 0 Å². The molecular formula is C20H28N4O2. The molecule has 0 spiro atoms.